The minimum atomic E-state index is -0.739. The summed E-state index contributed by atoms with van der Waals surface area (Å²) in [5.74, 6) is -0.0686. The fourth-order valence-electron chi connectivity index (χ4n) is 3.15. The smallest absolute Gasteiger partial charge is 0.321 e. The lowest BCUT2D eigenvalue weighted by molar-refractivity contribution is 0.208. The Hall–Kier alpha value is -3.56. The van der Waals surface area contributed by atoms with Gasteiger partial charge in [0.25, 0.3) is 0 Å². The van der Waals surface area contributed by atoms with Crippen molar-refractivity contribution < 1.29 is 13.6 Å². The molecule has 10 heteroatoms. The van der Waals surface area contributed by atoms with Crippen LogP contribution in [0.4, 0.5) is 25.1 Å². The van der Waals surface area contributed by atoms with E-state index in [9.17, 15) is 13.6 Å². The number of rotatable bonds is 3. The maximum absolute atomic E-state index is 13.3. The normalized spacial score (nSPS) is 14.2. The highest BCUT2D eigenvalue weighted by molar-refractivity contribution is 5.89. The molecule has 1 fully saturated rings. The Morgan fingerprint density at radius 1 is 1.00 bits per heavy atom. The van der Waals surface area contributed by atoms with Gasteiger partial charge in [0, 0.05) is 50.2 Å². The predicted octanol–water partition coefficient (Wildman–Crippen LogP) is 2.60. The number of carbonyl (C=O) groups excluding carboxylic acids is 1. The van der Waals surface area contributed by atoms with Crippen LogP contribution in [0.1, 0.15) is 5.69 Å². The Balaban J connectivity index is 1.38. The predicted molar refractivity (Wildman–Crippen MR) is 103 cm³/mol. The summed E-state index contributed by atoms with van der Waals surface area (Å²) in [6, 6.07) is 6.26. The SMILES string of the molecule is Cc1ccn(-c2cc(N3CCN(C(=O)Nc4cc(F)cc(F)c4)CC3)ncn2)n1. The number of nitrogens with zero attached hydrogens (tertiary/aromatic N) is 6. The Labute approximate surface area is 165 Å². The van der Waals surface area contributed by atoms with Gasteiger partial charge in [0.05, 0.1) is 5.69 Å². The van der Waals surface area contributed by atoms with E-state index in [0.29, 0.717) is 32.0 Å². The molecule has 29 heavy (non-hydrogen) atoms. The van der Waals surface area contributed by atoms with Gasteiger partial charge in [-0.05, 0) is 25.1 Å². The minimum absolute atomic E-state index is 0.0879. The number of urea groups is 1. The number of piperazine rings is 1. The molecule has 2 aromatic heterocycles. The van der Waals surface area contributed by atoms with E-state index < -0.39 is 17.7 Å². The van der Waals surface area contributed by atoms with Crippen molar-refractivity contribution >= 4 is 17.5 Å². The molecule has 0 saturated carbocycles. The van der Waals surface area contributed by atoms with E-state index in [1.165, 1.54) is 6.33 Å². The van der Waals surface area contributed by atoms with Crippen LogP contribution in [-0.2, 0) is 0 Å². The van der Waals surface area contributed by atoms with E-state index >= 15 is 0 Å². The highest BCUT2D eigenvalue weighted by Gasteiger charge is 2.22. The van der Waals surface area contributed by atoms with E-state index in [0.717, 1.165) is 29.7 Å². The molecule has 0 radical (unpaired) electrons. The summed E-state index contributed by atoms with van der Waals surface area (Å²) in [5.41, 5.74) is 0.979. The lowest BCUT2D eigenvalue weighted by atomic mass is 10.3. The van der Waals surface area contributed by atoms with Crippen molar-refractivity contribution in [3.63, 3.8) is 0 Å². The third kappa shape index (κ3) is 4.31. The van der Waals surface area contributed by atoms with Gasteiger partial charge >= 0.3 is 6.03 Å². The molecule has 1 aliphatic heterocycles. The Morgan fingerprint density at radius 3 is 2.34 bits per heavy atom. The number of hydrogen-bond donors (Lipinski definition) is 1. The van der Waals surface area contributed by atoms with Crippen LogP contribution in [0.3, 0.4) is 0 Å². The Morgan fingerprint density at radius 2 is 1.69 bits per heavy atom. The van der Waals surface area contributed by atoms with E-state index in [1.54, 1.807) is 9.58 Å². The summed E-state index contributed by atoms with van der Waals surface area (Å²) < 4.78 is 28.3. The molecule has 3 heterocycles. The van der Waals surface area contributed by atoms with Gasteiger partial charge in [0.1, 0.15) is 23.8 Å². The van der Waals surface area contributed by atoms with Crippen molar-refractivity contribution in [3.05, 3.63) is 60.2 Å². The maximum Gasteiger partial charge on any atom is 0.321 e. The number of aryl methyl sites for hydroxylation is 1. The minimum Gasteiger partial charge on any atom is -0.353 e. The summed E-state index contributed by atoms with van der Waals surface area (Å²) in [6.45, 7) is 3.94. The molecule has 1 saturated heterocycles. The van der Waals surface area contributed by atoms with Crippen LogP contribution in [0, 0.1) is 18.6 Å². The molecule has 150 valence electrons. The van der Waals surface area contributed by atoms with Crippen molar-refractivity contribution in [2.75, 3.05) is 36.4 Å². The fourth-order valence-corrected chi connectivity index (χ4v) is 3.15. The molecule has 8 nitrogen and oxygen atoms in total. The lowest BCUT2D eigenvalue weighted by Gasteiger charge is -2.35. The van der Waals surface area contributed by atoms with Gasteiger partial charge in [-0.3, -0.25) is 0 Å². The zero-order chi connectivity index (χ0) is 20.4. The second-order valence-electron chi connectivity index (χ2n) is 6.70. The molecule has 4 rings (SSSR count). The summed E-state index contributed by atoms with van der Waals surface area (Å²) in [4.78, 5) is 24.6. The molecular formula is C19H19F2N7O. The number of hydrogen-bond acceptors (Lipinski definition) is 5. The first-order chi connectivity index (χ1) is 14.0. The third-order valence-corrected chi connectivity index (χ3v) is 4.60. The van der Waals surface area contributed by atoms with Gasteiger partial charge in [-0.2, -0.15) is 5.10 Å². The van der Waals surface area contributed by atoms with Crippen molar-refractivity contribution in [2.45, 2.75) is 6.92 Å². The van der Waals surface area contributed by atoms with Crippen molar-refractivity contribution in [1.29, 1.82) is 0 Å². The molecule has 2 amide bonds. The monoisotopic (exact) mass is 399 g/mol. The van der Waals surface area contributed by atoms with E-state index in [1.807, 2.05) is 30.2 Å². The summed E-state index contributed by atoms with van der Waals surface area (Å²) in [6.07, 6.45) is 3.32. The number of halogens is 2. The fraction of sp³-hybridized carbons (Fsp3) is 0.263. The number of nitrogens with one attached hydrogen (secondary N) is 1. The van der Waals surface area contributed by atoms with Crippen LogP contribution < -0.4 is 10.2 Å². The molecule has 3 aromatic rings. The van der Waals surface area contributed by atoms with Crippen LogP contribution in [-0.4, -0.2) is 56.9 Å². The first kappa shape index (κ1) is 18.8. The van der Waals surface area contributed by atoms with Crippen molar-refractivity contribution in [2.24, 2.45) is 0 Å². The quantitative estimate of drug-likeness (QED) is 0.733. The first-order valence-electron chi connectivity index (χ1n) is 9.09. The van der Waals surface area contributed by atoms with Crippen LogP contribution in [0.25, 0.3) is 5.82 Å². The molecule has 0 aliphatic carbocycles. The molecule has 1 aromatic carbocycles. The number of benzene rings is 1. The zero-order valence-electron chi connectivity index (χ0n) is 15.7. The Kier molecular flexibility index (Phi) is 5.07. The molecule has 0 bridgehead atoms. The van der Waals surface area contributed by atoms with Gasteiger partial charge < -0.3 is 15.1 Å². The Bertz CT molecular complexity index is 1010. The standard InChI is InChI=1S/C19H19F2N7O/c1-13-2-3-28(25-13)18-11-17(22-12-23-18)26-4-6-27(7-5-26)19(29)24-16-9-14(20)8-15(21)10-16/h2-3,8-12H,4-7H2,1H3,(H,24,29). The van der Waals surface area contributed by atoms with E-state index in [-0.39, 0.29) is 5.69 Å². The third-order valence-electron chi connectivity index (χ3n) is 4.60. The number of aromatic nitrogens is 4. The summed E-state index contributed by atoms with van der Waals surface area (Å²) in [5, 5.41) is 6.88. The lowest BCUT2D eigenvalue weighted by Crippen LogP contribution is -2.50. The molecule has 0 atom stereocenters. The first-order valence-corrected chi connectivity index (χ1v) is 9.09. The maximum atomic E-state index is 13.3. The largest absolute Gasteiger partial charge is 0.353 e. The van der Waals surface area contributed by atoms with Gasteiger partial charge in [-0.1, -0.05) is 0 Å². The summed E-state index contributed by atoms with van der Waals surface area (Å²) >= 11 is 0. The average Bonchev–Trinajstić information content (AvgIpc) is 3.14. The number of anilines is 2. The van der Waals surface area contributed by atoms with Gasteiger partial charge in [0.15, 0.2) is 5.82 Å². The van der Waals surface area contributed by atoms with Crippen LogP contribution >= 0.6 is 0 Å². The van der Waals surface area contributed by atoms with Gasteiger partial charge in [0.2, 0.25) is 0 Å². The second kappa shape index (κ2) is 7.82. The highest BCUT2D eigenvalue weighted by Crippen LogP contribution is 2.17. The van der Waals surface area contributed by atoms with Crippen molar-refractivity contribution in [1.82, 2.24) is 24.6 Å². The number of carbonyl (C=O) groups is 1. The summed E-state index contributed by atoms with van der Waals surface area (Å²) in [7, 11) is 0. The van der Waals surface area contributed by atoms with Crippen LogP contribution in [0.15, 0.2) is 42.9 Å². The molecule has 0 spiro atoms. The van der Waals surface area contributed by atoms with Gasteiger partial charge in [-0.15, -0.1) is 0 Å². The highest BCUT2D eigenvalue weighted by atomic mass is 19.1. The molecule has 1 N–H and O–H groups in total. The van der Waals surface area contributed by atoms with Crippen LogP contribution in [0.5, 0.6) is 0 Å². The molecule has 1 aliphatic rings. The zero-order valence-corrected chi connectivity index (χ0v) is 15.7. The second-order valence-corrected chi connectivity index (χ2v) is 6.70. The van der Waals surface area contributed by atoms with Gasteiger partial charge in [-0.25, -0.2) is 28.2 Å². The topological polar surface area (TPSA) is 79.2 Å². The van der Waals surface area contributed by atoms with Crippen molar-refractivity contribution in [3.8, 4) is 5.82 Å². The van der Waals surface area contributed by atoms with Crippen LogP contribution in [0.2, 0.25) is 0 Å². The van der Waals surface area contributed by atoms with E-state index in [4.69, 9.17) is 0 Å². The van der Waals surface area contributed by atoms with E-state index in [2.05, 4.69) is 20.4 Å². The molecule has 0 unspecified atom stereocenters. The molecular weight excluding hydrogens is 380 g/mol. The number of amides is 2. The average molecular weight is 399 g/mol.